The van der Waals surface area contributed by atoms with Crippen LogP contribution in [0.4, 0.5) is 5.69 Å². The lowest BCUT2D eigenvalue weighted by atomic mass is 9.86. The van der Waals surface area contributed by atoms with Crippen LogP contribution in [0.25, 0.3) is 11.5 Å². The SMILES string of the molecule is Cc1noc(-c2ccc3c(c2)NC(=O)C3(C)C)n1. The summed E-state index contributed by atoms with van der Waals surface area (Å²) in [5.41, 5.74) is 2.14. The number of nitrogens with zero attached hydrogens (tertiary/aromatic N) is 2. The Kier molecular flexibility index (Phi) is 2.08. The standard InChI is InChI=1S/C13H13N3O2/c1-7-14-11(18-16-7)8-4-5-9-10(6-8)15-12(17)13(9,2)3/h4-6H,1-3H3,(H,15,17). The summed E-state index contributed by atoms with van der Waals surface area (Å²) in [5.74, 6) is 1.07. The molecule has 3 rings (SSSR count). The number of hydrogen-bond donors (Lipinski definition) is 1. The summed E-state index contributed by atoms with van der Waals surface area (Å²) >= 11 is 0. The molecule has 1 aromatic carbocycles. The van der Waals surface area contributed by atoms with Crippen molar-refractivity contribution in [3.05, 3.63) is 29.6 Å². The molecular weight excluding hydrogens is 230 g/mol. The molecule has 1 aliphatic rings. The highest BCUT2D eigenvalue weighted by Gasteiger charge is 2.38. The highest BCUT2D eigenvalue weighted by molar-refractivity contribution is 6.06. The molecule has 0 spiro atoms. The average Bonchev–Trinajstić information content (AvgIpc) is 2.83. The smallest absolute Gasteiger partial charge is 0.257 e. The molecule has 5 nitrogen and oxygen atoms in total. The van der Waals surface area contributed by atoms with Gasteiger partial charge in [-0.3, -0.25) is 4.79 Å². The molecule has 18 heavy (non-hydrogen) atoms. The second-order valence-corrected chi connectivity index (χ2v) is 4.99. The molecule has 92 valence electrons. The summed E-state index contributed by atoms with van der Waals surface area (Å²) < 4.78 is 5.12. The third-order valence-electron chi connectivity index (χ3n) is 3.28. The molecule has 0 saturated carbocycles. The zero-order chi connectivity index (χ0) is 12.9. The molecule has 1 aliphatic heterocycles. The zero-order valence-corrected chi connectivity index (χ0v) is 10.4. The van der Waals surface area contributed by atoms with Gasteiger partial charge in [0.25, 0.3) is 5.89 Å². The minimum atomic E-state index is -0.487. The Morgan fingerprint density at radius 3 is 2.78 bits per heavy atom. The third-order valence-corrected chi connectivity index (χ3v) is 3.28. The van der Waals surface area contributed by atoms with Crippen LogP contribution in [0, 0.1) is 6.92 Å². The van der Waals surface area contributed by atoms with E-state index in [4.69, 9.17) is 4.52 Å². The summed E-state index contributed by atoms with van der Waals surface area (Å²) in [6.07, 6.45) is 0. The van der Waals surface area contributed by atoms with Crippen LogP contribution in [-0.2, 0) is 10.2 Å². The van der Waals surface area contributed by atoms with Crippen LogP contribution in [0.5, 0.6) is 0 Å². The Morgan fingerprint density at radius 2 is 2.11 bits per heavy atom. The highest BCUT2D eigenvalue weighted by Crippen LogP contribution is 2.39. The number of rotatable bonds is 1. The number of amides is 1. The highest BCUT2D eigenvalue weighted by atomic mass is 16.5. The number of nitrogens with one attached hydrogen (secondary N) is 1. The molecule has 0 radical (unpaired) electrons. The van der Waals surface area contributed by atoms with E-state index in [9.17, 15) is 4.79 Å². The molecule has 2 aromatic rings. The monoisotopic (exact) mass is 243 g/mol. The fourth-order valence-corrected chi connectivity index (χ4v) is 2.14. The number of aryl methyl sites for hydroxylation is 1. The molecule has 0 unspecified atom stereocenters. The lowest BCUT2D eigenvalue weighted by Crippen LogP contribution is -2.26. The van der Waals surface area contributed by atoms with Crippen LogP contribution in [-0.4, -0.2) is 16.0 Å². The van der Waals surface area contributed by atoms with Gasteiger partial charge in [-0.1, -0.05) is 11.2 Å². The van der Waals surface area contributed by atoms with Crippen molar-refractivity contribution in [2.24, 2.45) is 0 Å². The summed E-state index contributed by atoms with van der Waals surface area (Å²) in [6, 6.07) is 5.70. The zero-order valence-electron chi connectivity index (χ0n) is 10.4. The summed E-state index contributed by atoms with van der Waals surface area (Å²) in [7, 11) is 0. The number of carbonyl (C=O) groups excluding carboxylic acids is 1. The maximum Gasteiger partial charge on any atom is 0.257 e. The van der Waals surface area contributed by atoms with Crippen LogP contribution in [0.1, 0.15) is 25.2 Å². The minimum Gasteiger partial charge on any atom is -0.334 e. The van der Waals surface area contributed by atoms with Crippen LogP contribution >= 0.6 is 0 Å². The van der Waals surface area contributed by atoms with Crippen molar-refractivity contribution in [3.63, 3.8) is 0 Å². The van der Waals surface area contributed by atoms with Gasteiger partial charge in [-0.25, -0.2) is 0 Å². The van der Waals surface area contributed by atoms with Crippen molar-refractivity contribution in [3.8, 4) is 11.5 Å². The fraction of sp³-hybridized carbons (Fsp3) is 0.308. The largest absolute Gasteiger partial charge is 0.334 e. The third kappa shape index (κ3) is 1.44. The van der Waals surface area contributed by atoms with E-state index < -0.39 is 5.41 Å². The Morgan fingerprint density at radius 1 is 1.33 bits per heavy atom. The van der Waals surface area contributed by atoms with Gasteiger partial charge >= 0.3 is 0 Å². The maximum atomic E-state index is 11.8. The molecule has 0 saturated heterocycles. The van der Waals surface area contributed by atoms with Crippen molar-refractivity contribution < 1.29 is 9.32 Å². The van der Waals surface area contributed by atoms with Gasteiger partial charge in [-0.2, -0.15) is 4.98 Å². The molecule has 0 fully saturated rings. The first-order valence-corrected chi connectivity index (χ1v) is 5.75. The maximum absolute atomic E-state index is 11.8. The summed E-state index contributed by atoms with van der Waals surface area (Å²) in [4.78, 5) is 16.0. The van der Waals surface area contributed by atoms with E-state index in [1.807, 2.05) is 32.0 Å². The predicted molar refractivity (Wildman–Crippen MR) is 66.1 cm³/mol. The summed E-state index contributed by atoms with van der Waals surface area (Å²) in [5, 5.41) is 6.63. The van der Waals surface area contributed by atoms with Gasteiger partial charge in [0.1, 0.15) is 0 Å². The first-order valence-electron chi connectivity index (χ1n) is 5.75. The quantitative estimate of drug-likeness (QED) is 0.834. The number of fused-ring (bicyclic) bond motifs is 1. The molecule has 2 heterocycles. The van der Waals surface area contributed by atoms with Gasteiger partial charge in [0, 0.05) is 11.3 Å². The van der Waals surface area contributed by atoms with Gasteiger partial charge in [0.15, 0.2) is 5.82 Å². The van der Waals surface area contributed by atoms with Crippen LogP contribution in [0.3, 0.4) is 0 Å². The minimum absolute atomic E-state index is 0.0105. The van der Waals surface area contributed by atoms with Crippen molar-refractivity contribution in [2.45, 2.75) is 26.2 Å². The normalized spacial score (nSPS) is 16.5. The average molecular weight is 243 g/mol. The van der Waals surface area contributed by atoms with Gasteiger partial charge in [0.2, 0.25) is 5.91 Å². The molecule has 0 bridgehead atoms. The number of aromatic nitrogens is 2. The summed E-state index contributed by atoms with van der Waals surface area (Å²) in [6.45, 7) is 5.58. The lowest BCUT2D eigenvalue weighted by molar-refractivity contribution is -0.119. The topological polar surface area (TPSA) is 68.0 Å². The van der Waals surface area contributed by atoms with Crippen molar-refractivity contribution in [1.29, 1.82) is 0 Å². The first-order chi connectivity index (χ1) is 8.48. The van der Waals surface area contributed by atoms with E-state index in [-0.39, 0.29) is 5.91 Å². The van der Waals surface area contributed by atoms with Crippen LogP contribution < -0.4 is 5.32 Å². The Balaban J connectivity index is 2.09. The van der Waals surface area contributed by atoms with E-state index in [2.05, 4.69) is 15.5 Å². The number of anilines is 1. The number of benzene rings is 1. The molecule has 0 aliphatic carbocycles. The molecular formula is C13H13N3O2. The van der Waals surface area contributed by atoms with Crippen molar-refractivity contribution in [1.82, 2.24) is 10.1 Å². The van der Waals surface area contributed by atoms with E-state index in [0.717, 1.165) is 16.8 Å². The molecule has 0 atom stereocenters. The first kappa shape index (κ1) is 11.0. The lowest BCUT2D eigenvalue weighted by Gasteiger charge is -2.14. The molecule has 1 aromatic heterocycles. The Bertz CT molecular complexity index is 643. The predicted octanol–water partition coefficient (Wildman–Crippen LogP) is 2.27. The van der Waals surface area contributed by atoms with Crippen LogP contribution in [0.15, 0.2) is 22.7 Å². The van der Waals surface area contributed by atoms with Crippen molar-refractivity contribution >= 4 is 11.6 Å². The molecule has 5 heteroatoms. The van der Waals surface area contributed by atoms with Gasteiger partial charge in [0.05, 0.1) is 5.41 Å². The van der Waals surface area contributed by atoms with E-state index in [1.54, 1.807) is 6.92 Å². The van der Waals surface area contributed by atoms with E-state index >= 15 is 0 Å². The van der Waals surface area contributed by atoms with Gasteiger partial charge in [-0.15, -0.1) is 0 Å². The van der Waals surface area contributed by atoms with Gasteiger partial charge in [-0.05, 0) is 38.5 Å². The molecule has 1 N–H and O–H groups in total. The van der Waals surface area contributed by atoms with Gasteiger partial charge < -0.3 is 9.84 Å². The molecule has 1 amide bonds. The van der Waals surface area contributed by atoms with Crippen LogP contribution in [0.2, 0.25) is 0 Å². The number of hydrogen-bond acceptors (Lipinski definition) is 4. The van der Waals surface area contributed by atoms with E-state index in [1.165, 1.54) is 0 Å². The fourth-order valence-electron chi connectivity index (χ4n) is 2.14. The Hall–Kier alpha value is -2.17. The van der Waals surface area contributed by atoms with Crippen molar-refractivity contribution in [2.75, 3.05) is 5.32 Å². The van der Waals surface area contributed by atoms with E-state index in [0.29, 0.717) is 11.7 Å². The number of carbonyl (C=O) groups is 1. The second-order valence-electron chi connectivity index (χ2n) is 4.99. The Labute approximate surface area is 104 Å². The second kappa shape index (κ2) is 3.41.